The molecule has 2 nitrogen and oxygen atoms in total. The Labute approximate surface area is 87.9 Å². The van der Waals surface area contributed by atoms with Gasteiger partial charge in [-0.05, 0) is 26.3 Å². The first-order valence-corrected chi connectivity index (χ1v) is 5.91. The summed E-state index contributed by atoms with van der Waals surface area (Å²) in [6, 6.07) is 3.17. The average Bonchev–Trinajstić information content (AvgIpc) is 2.47. The lowest BCUT2D eigenvalue weighted by atomic mass is 10.1. The summed E-state index contributed by atoms with van der Waals surface area (Å²) in [6.45, 7) is 2.10. The first-order chi connectivity index (χ1) is 6.79. The average molecular weight is 194 g/mol. The zero-order valence-corrected chi connectivity index (χ0v) is 9.50. The molecule has 1 fully saturated rings. The van der Waals surface area contributed by atoms with Crippen LogP contribution in [-0.2, 0) is 0 Å². The van der Waals surface area contributed by atoms with Crippen LogP contribution in [0.3, 0.4) is 0 Å². The van der Waals surface area contributed by atoms with Crippen LogP contribution in [0.1, 0.15) is 51.9 Å². The smallest absolute Gasteiger partial charge is 0.0975 e. The molecule has 0 radical (unpaired) electrons. The minimum absolute atomic E-state index is 0.123. The highest BCUT2D eigenvalue weighted by molar-refractivity contribution is 4.92. The molecule has 14 heavy (non-hydrogen) atoms. The van der Waals surface area contributed by atoms with Gasteiger partial charge in [-0.2, -0.15) is 5.26 Å². The Morgan fingerprint density at radius 2 is 1.86 bits per heavy atom. The second kappa shape index (κ2) is 6.03. The summed E-state index contributed by atoms with van der Waals surface area (Å²) in [5.41, 5.74) is 0. The minimum atomic E-state index is 0.123. The lowest BCUT2D eigenvalue weighted by molar-refractivity contribution is 0.184. The molecule has 0 N–H and O–H groups in total. The fraction of sp³-hybridized carbons (Fsp3) is 0.917. The van der Waals surface area contributed by atoms with Crippen molar-refractivity contribution >= 4 is 0 Å². The van der Waals surface area contributed by atoms with Crippen molar-refractivity contribution in [2.45, 2.75) is 64.0 Å². The van der Waals surface area contributed by atoms with Crippen LogP contribution < -0.4 is 0 Å². The van der Waals surface area contributed by atoms with Crippen molar-refractivity contribution in [3.63, 3.8) is 0 Å². The van der Waals surface area contributed by atoms with Crippen LogP contribution >= 0.6 is 0 Å². The van der Waals surface area contributed by atoms with Gasteiger partial charge in [-0.25, -0.2) is 0 Å². The molecule has 1 saturated carbocycles. The predicted octanol–water partition coefficient (Wildman–Crippen LogP) is 2.94. The van der Waals surface area contributed by atoms with E-state index in [0.717, 1.165) is 6.42 Å². The van der Waals surface area contributed by atoms with Crippen LogP contribution in [0, 0.1) is 11.3 Å². The Morgan fingerprint density at radius 3 is 2.29 bits per heavy atom. The zero-order valence-electron chi connectivity index (χ0n) is 9.50. The van der Waals surface area contributed by atoms with Gasteiger partial charge in [0.1, 0.15) is 0 Å². The molecule has 0 heterocycles. The van der Waals surface area contributed by atoms with Gasteiger partial charge in [0, 0.05) is 6.04 Å². The molecule has 0 aromatic rings. The first-order valence-electron chi connectivity index (χ1n) is 5.91. The predicted molar refractivity (Wildman–Crippen MR) is 58.9 cm³/mol. The molecule has 1 unspecified atom stereocenters. The molecule has 2 heteroatoms. The third kappa shape index (κ3) is 2.99. The maximum absolute atomic E-state index is 9.01. The summed E-state index contributed by atoms with van der Waals surface area (Å²) in [4.78, 5) is 2.30. The molecule has 80 valence electrons. The van der Waals surface area contributed by atoms with Gasteiger partial charge in [0.05, 0.1) is 12.1 Å². The monoisotopic (exact) mass is 194 g/mol. The molecule has 1 rings (SSSR count). The van der Waals surface area contributed by atoms with Crippen LogP contribution in [0.4, 0.5) is 0 Å². The number of hydrogen-bond acceptors (Lipinski definition) is 2. The van der Waals surface area contributed by atoms with Gasteiger partial charge in [0.2, 0.25) is 0 Å². The van der Waals surface area contributed by atoms with Crippen molar-refractivity contribution in [3.8, 4) is 6.07 Å². The third-order valence-electron chi connectivity index (χ3n) is 3.43. The van der Waals surface area contributed by atoms with E-state index in [9.17, 15) is 0 Å². The van der Waals surface area contributed by atoms with E-state index in [1.807, 2.05) is 0 Å². The fourth-order valence-corrected chi connectivity index (χ4v) is 2.39. The topological polar surface area (TPSA) is 27.0 Å². The summed E-state index contributed by atoms with van der Waals surface area (Å²) >= 11 is 0. The Bertz CT molecular complexity index is 187. The fourth-order valence-electron chi connectivity index (χ4n) is 2.39. The highest BCUT2D eigenvalue weighted by atomic mass is 15.2. The van der Waals surface area contributed by atoms with Crippen molar-refractivity contribution in [2.75, 3.05) is 7.05 Å². The summed E-state index contributed by atoms with van der Waals surface area (Å²) in [6.07, 6.45) is 8.97. The highest BCUT2D eigenvalue weighted by Crippen LogP contribution is 2.22. The van der Waals surface area contributed by atoms with Gasteiger partial charge in [-0.3, -0.25) is 4.90 Å². The molecule has 0 saturated heterocycles. The van der Waals surface area contributed by atoms with Crippen LogP contribution in [0.5, 0.6) is 0 Å². The van der Waals surface area contributed by atoms with E-state index in [2.05, 4.69) is 24.9 Å². The first kappa shape index (κ1) is 11.5. The summed E-state index contributed by atoms with van der Waals surface area (Å²) < 4.78 is 0. The quantitative estimate of drug-likeness (QED) is 0.646. The summed E-state index contributed by atoms with van der Waals surface area (Å²) in [7, 11) is 2.12. The molecule has 1 aliphatic carbocycles. The maximum atomic E-state index is 9.01. The number of rotatable bonds is 3. The zero-order chi connectivity index (χ0) is 10.4. The van der Waals surface area contributed by atoms with Crippen LogP contribution in [0.25, 0.3) is 0 Å². The summed E-state index contributed by atoms with van der Waals surface area (Å²) in [5.74, 6) is 0. The van der Waals surface area contributed by atoms with Crippen molar-refractivity contribution in [3.05, 3.63) is 0 Å². The van der Waals surface area contributed by atoms with Gasteiger partial charge in [-0.1, -0.05) is 32.6 Å². The van der Waals surface area contributed by atoms with Crippen molar-refractivity contribution in [1.29, 1.82) is 5.26 Å². The Balaban J connectivity index is 2.48. The molecule has 0 aromatic carbocycles. The van der Waals surface area contributed by atoms with Gasteiger partial charge < -0.3 is 0 Å². The van der Waals surface area contributed by atoms with Gasteiger partial charge >= 0.3 is 0 Å². The van der Waals surface area contributed by atoms with Crippen molar-refractivity contribution < 1.29 is 0 Å². The van der Waals surface area contributed by atoms with Crippen LogP contribution in [0.15, 0.2) is 0 Å². The maximum Gasteiger partial charge on any atom is 0.0975 e. The number of hydrogen-bond donors (Lipinski definition) is 0. The normalized spacial score (nSPS) is 21.6. The minimum Gasteiger partial charge on any atom is -0.288 e. The van der Waals surface area contributed by atoms with Gasteiger partial charge in [0.15, 0.2) is 0 Å². The van der Waals surface area contributed by atoms with Crippen LogP contribution in [-0.4, -0.2) is 24.0 Å². The van der Waals surface area contributed by atoms with E-state index in [4.69, 9.17) is 5.26 Å². The standard InChI is InChI=1S/C12H22N2/c1-3-11(10-13)14(2)12-8-6-4-5-7-9-12/h11-12H,3-9H2,1-2H3. The lowest BCUT2D eigenvalue weighted by Gasteiger charge is -2.30. The van der Waals surface area contributed by atoms with Crippen LogP contribution in [0.2, 0.25) is 0 Å². The van der Waals surface area contributed by atoms with Gasteiger partial charge in [-0.15, -0.1) is 0 Å². The Morgan fingerprint density at radius 1 is 1.29 bits per heavy atom. The molecule has 0 amide bonds. The molecule has 1 aliphatic rings. The Kier molecular flexibility index (Phi) is 4.97. The van der Waals surface area contributed by atoms with E-state index < -0.39 is 0 Å². The van der Waals surface area contributed by atoms with E-state index in [1.54, 1.807) is 0 Å². The van der Waals surface area contributed by atoms with Gasteiger partial charge in [0.25, 0.3) is 0 Å². The molecule has 0 aromatic heterocycles. The van der Waals surface area contributed by atoms with E-state index in [0.29, 0.717) is 6.04 Å². The molecule has 0 aliphatic heterocycles. The molecule has 1 atom stereocenters. The van der Waals surface area contributed by atoms with E-state index in [1.165, 1.54) is 38.5 Å². The SMILES string of the molecule is CCC(C#N)N(C)C1CCCCCC1. The number of nitrogens with zero attached hydrogens (tertiary/aromatic N) is 2. The third-order valence-corrected chi connectivity index (χ3v) is 3.43. The van der Waals surface area contributed by atoms with Crippen molar-refractivity contribution in [2.24, 2.45) is 0 Å². The summed E-state index contributed by atoms with van der Waals surface area (Å²) in [5, 5.41) is 9.01. The lowest BCUT2D eigenvalue weighted by Crippen LogP contribution is -2.38. The Hall–Kier alpha value is -0.550. The highest BCUT2D eigenvalue weighted by Gasteiger charge is 2.22. The molecular formula is C12H22N2. The van der Waals surface area contributed by atoms with Crippen molar-refractivity contribution in [1.82, 2.24) is 4.90 Å². The van der Waals surface area contributed by atoms with E-state index >= 15 is 0 Å². The second-order valence-electron chi connectivity index (χ2n) is 4.36. The molecule has 0 bridgehead atoms. The largest absolute Gasteiger partial charge is 0.288 e. The van der Waals surface area contributed by atoms with E-state index in [-0.39, 0.29) is 6.04 Å². The number of nitriles is 1. The second-order valence-corrected chi connectivity index (χ2v) is 4.36. The molecule has 0 spiro atoms. The molecular weight excluding hydrogens is 172 g/mol.